The molecular weight excluding hydrogens is 224 g/mol. The van der Waals surface area contributed by atoms with Crippen molar-refractivity contribution in [2.45, 2.75) is 18.9 Å². The van der Waals surface area contributed by atoms with Crippen molar-refractivity contribution < 1.29 is 13.5 Å². The van der Waals surface area contributed by atoms with Gasteiger partial charge in [0.1, 0.15) is 11.6 Å². The molecular formula is C13H15F2NO. The van der Waals surface area contributed by atoms with Crippen LogP contribution >= 0.6 is 0 Å². The summed E-state index contributed by atoms with van der Waals surface area (Å²) in [5.41, 5.74) is 1.44. The summed E-state index contributed by atoms with van der Waals surface area (Å²) in [6.07, 6.45) is 3.46. The maximum Gasteiger partial charge on any atom is 0.131 e. The standard InChI is InChI=1S/C13H15F2NO/c1-16-13(9-3-2-6-17-8-9)11-5-4-10(14)7-12(11)15/h4-5,7-8,13,16H,2-3,6H2,1H3. The van der Waals surface area contributed by atoms with Crippen LogP contribution in [0.1, 0.15) is 24.4 Å². The molecule has 1 aliphatic rings. The highest BCUT2D eigenvalue weighted by molar-refractivity contribution is 5.29. The molecule has 0 saturated heterocycles. The lowest BCUT2D eigenvalue weighted by atomic mass is 9.95. The molecule has 1 aromatic carbocycles. The Balaban J connectivity index is 2.31. The van der Waals surface area contributed by atoms with E-state index in [1.54, 1.807) is 13.3 Å². The van der Waals surface area contributed by atoms with Gasteiger partial charge >= 0.3 is 0 Å². The van der Waals surface area contributed by atoms with Crippen LogP contribution in [0.3, 0.4) is 0 Å². The molecule has 0 fully saturated rings. The van der Waals surface area contributed by atoms with Gasteiger partial charge in [0.2, 0.25) is 0 Å². The molecule has 0 radical (unpaired) electrons. The molecule has 2 nitrogen and oxygen atoms in total. The molecule has 0 aliphatic carbocycles. The van der Waals surface area contributed by atoms with Crippen molar-refractivity contribution in [1.29, 1.82) is 0 Å². The van der Waals surface area contributed by atoms with E-state index >= 15 is 0 Å². The van der Waals surface area contributed by atoms with Crippen LogP contribution in [-0.2, 0) is 4.74 Å². The summed E-state index contributed by atoms with van der Waals surface area (Å²) in [6.45, 7) is 0.700. The van der Waals surface area contributed by atoms with Crippen LogP contribution in [0.25, 0.3) is 0 Å². The molecule has 1 N–H and O–H groups in total. The fourth-order valence-corrected chi connectivity index (χ4v) is 2.07. The Kier molecular flexibility index (Phi) is 3.74. The highest BCUT2D eigenvalue weighted by atomic mass is 19.1. The molecule has 1 unspecified atom stereocenters. The van der Waals surface area contributed by atoms with E-state index in [0.717, 1.165) is 24.5 Å². The third-order valence-corrected chi connectivity index (χ3v) is 2.90. The summed E-state index contributed by atoms with van der Waals surface area (Å²) in [6, 6.07) is 3.40. The molecule has 92 valence electrons. The van der Waals surface area contributed by atoms with Crippen LogP contribution in [0.2, 0.25) is 0 Å². The smallest absolute Gasteiger partial charge is 0.131 e. The zero-order valence-corrected chi connectivity index (χ0v) is 9.67. The van der Waals surface area contributed by atoms with Gasteiger partial charge in [0, 0.05) is 11.6 Å². The van der Waals surface area contributed by atoms with E-state index in [9.17, 15) is 8.78 Å². The minimum Gasteiger partial charge on any atom is -0.501 e. The molecule has 1 aliphatic heterocycles. The van der Waals surface area contributed by atoms with Gasteiger partial charge in [-0.3, -0.25) is 0 Å². The Bertz CT molecular complexity index is 431. The van der Waals surface area contributed by atoms with E-state index in [-0.39, 0.29) is 6.04 Å². The summed E-state index contributed by atoms with van der Waals surface area (Å²) < 4.78 is 31.8. The van der Waals surface area contributed by atoms with Gasteiger partial charge in [-0.05, 0) is 31.5 Å². The zero-order valence-electron chi connectivity index (χ0n) is 9.67. The van der Waals surface area contributed by atoms with Crippen LogP contribution in [-0.4, -0.2) is 13.7 Å². The third-order valence-electron chi connectivity index (χ3n) is 2.90. The highest BCUT2D eigenvalue weighted by Crippen LogP contribution is 2.29. The predicted molar refractivity (Wildman–Crippen MR) is 61.4 cm³/mol. The second-order valence-electron chi connectivity index (χ2n) is 4.05. The van der Waals surface area contributed by atoms with Crippen LogP contribution in [0, 0.1) is 11.6 Å². The number of nitrogens with one attached hydrogen (secondary N) is 1. The van der Waals surface area contributed by atoms with Crippen LogP contribution in [0.4, 0.5) is 8.78 Å². The van der Waals surface area contributed by atoms with Gasteiger partial charge in [-0.15, -0.1) is 0 Å². The molecule has 0 spiro atoms. The predicted octanol–water partition coefficient (Wildman–Crippen LogP) is 2.92. The zero-order chi connectivity index (χ0) is 12.3. The molecule has 0 bridgehead atoms. The van der Waals surface area contributed by atoms with E-state index in [2.05, 4.69) is 5.32 Å². The lowest BCUT2D eigenvalue weighted by Gasteiger charge is -2.23. The van der Waals surface area contributed by atoms with Gasteiger partial charge in [-0.25, -0.2) is 8.78 Å². The number of likely N-dealkylation sites (N-methyl/N-ethyl adjacent to an activating group) is 1. The van der Waals surface area contributed by atoms with Crippen molar-refractivity contribution in [2.24, 2.45) is 0 Å². The van der Waals surface area contributed by atoms with E-state index in [1.807, 2.05) is 0 Å². The minimum atomic E-state index is -0.560. The first-order valence-electron chi connectivity index (χ1n) is 5.65. The summed E-state index contributed by atoms with van der Waals surface area (Å²) in [5, 5.41) is 3.04. The summed E-state index contributed by atoms with van der Waals surface area (Å²) >= 11 is 0. The van der Waals surface area contributed by atoms with Gasteiger partial charge in [0.05, 0.1) is 18.9 Å². The maximum absolute atomic E-state index is 13.7. The molecule has 0 saturated carbocycles. The van der Waals surface area contributed by atoms with Crippen molar-refractivity contribution in [1.82, 2.24) is 5.32 Å². The van der Waals surface area contributed by atoms with Crippen molar-refractivity contribution in [3.63, 3.8) is 0 Å². The monoisotopic (exact) mass is 239 g/mol. The number of halogens is 2. The Morgan fingerprint density at radius 3 is 2.76 bits per heavy atom. The van der Waals surface area contributed by atoms with Crippen molar-refractivity contribution >= 4 is 0 Å². The number of rotatable bonds is 3. The van der Waals surface area contributed by atoms with Crippen molar-refractivity contribution in [2.75, 3.05) is 13.7 Å². The summed E-state index contributed by atoms with van der Waals surface area (Å²) in [4.78, 5) is 0. The molecule has 2 rings (SSSR count). The second kappa shape index (κ2) is 5.27. The molecule has 1 atom stereocenters. The Morgan fingerprint density at radius 1 is 1.35 bits per heavy atom. The van der Waals surface area contributed by atoms with Gasteiger partial charge in [-0.2, -0.15) is 0 Å². The average molecular weight is 239 g/mol. The van der Waals surface area contributed by atoms with Gasteiger partial charge in [-0.1, -0.05) is 6.07 Å². The molecule has 0 aromatic heterocycles. The summed E-state index contributed by atoms with van der Waals surface area (Å²) in [7, 11) is 1.75. The van der Waals surface area contributed by atoms with E-state index in [1.165, 1.54) is 12.1 Å². The van der Waals surface area contributed by atoms with Crippen LogP contribution in [0.15, 0.2) is 30.0 Å². The fourth-order valence-electron chi connectivity index (χ4n) is 2.07. The number of ether oxygens (including phenoxy) is 1. The van der Waals surface area contributed by atoms with Gasteiger partial charge < -0.3 is 10.1 Å². The van der Waals surface area contributed by atoms with E-state index in [4.69, 9.17) is 4.74 Å². The fraction of sp³-hybridized carbons (Fsp3) is 0.385. The average Bonchev–Trinajstić information content (AvgIpc) is 2.34. The van der Waals surface area contributed by atoms with Crippen LogP contribution < -0.4 is 5.32 Å². The normalized spacial score (nSPS) is 17.2. The quantitative estimate of drug-likeness (QED) is 0.875. The Hall–Kier alpha value is -1.42. The first-order valence-corrected chi connectivity index (χ1v) is 5.65. The highest BCUT2D eigenvalue weighted by Gasteiger charge is 2.20. The minimum absolute atomic E-state index is 0.254. The molecule has 1 aromatic rings. The van der Waals surface area contributed by atoms with E-state index < -0.39 is 11.6 Å². The molecule has 17 heavy (non-hydrogen) atoms. The first-order chi connectivity index (χ1) is 8.22. The van der Waals surface area contributed by atoms with Gasteiger partial charge in [0.25, 0.3) is 0 Å². The Morgan fingerprint density at radius 2 is 2.18 bits per heavy atom. The molecule has 4 heteroatoms. The number of hydrogen-bond donors (Lipinski definition) is 1. The van der Waals surface area contributed by atoms with E-state index in [0.29, 0.717) is 12.2 Å². The van der Waals surface area contributed by atoms with Crippen molar-refractivity contribution in [3.8, 4) is 0 Å². The van der Waals surface area contributed by atoms with Crippen LogP contribution in [0.5, 0.6) is 0 Å². The lowest BCUT2D eigenvalue weighted by Crippen LogP contribution is -2.22. The number of hydrogen-bond acceptors (Lipinski definition) is 2. The molecule has 1 heterocycles. The molecule has 0 amide bonds. The Labute approximate surface area is 99.3 Å². The SMILES string of the molecule is CNC(C1=COCCC1)c1ccc(F)cc1F. The summed E-state index contributed by atoms with van der Waals surface area (Å²) in [5.74, 6) is -1.09. The topological polar surface area (TPSA) is 21.3 Å². The van der Waals surface area contributed by atoms with Gasteiger partial charge in [0.15, 0.2) is 0 Å². The van der Waals surface area contributed by atoms with Crippen molar-refractivity contribution in [3.05, 3.63) is 47.2 Å². The second-order valence-corrected chi connectivity index (χ2v) is 4.05. The largest absolute Gasteiger partial charge is 0.501 e. The lowest BCUT2D eigenvalue weighted by molar-refractivity contribution is 0.219. The first kappa shape index (κ1) is 12.0. The number of benzene rings is 1. The maximum atomic E-state index is 13.7. The third kappa shape index (κ3) is 2.64.